The fourth-order valence-electron chi connectivity index (χ4n) is 1.06. The molecule has 66 valence electrons. The molecule has 0 spiro atoms. The Bertz CT molecular complexity index is 383. The van der Waals surface area contributed by atoms with Crippen molar-refractivity contribution in [2.24, 2.45) is 5.73 Å². The molecule has 2 rings (SSSR count). The Morgan fingerprint density at radius 2 is 2.08 bits per heavy atom. The zero-order valence-corrected chi connectivity index (χ0v) is 7.79. The molecular formula is C9H9N3S. The number of nitrogens with two attached hydrogens (primary N) is 1. The third-order valence-electron chi connectivity index (χ3n) is 1.70. The van der Waals surface area contributed by atoms with Crippen molar-refractivity contribution in [3.63, 3.8) is 0 Å². The Morgan fingerprint density at radius 1 is 1.31 bits per heavy atom. The second kappa shape index (κ2) is 3.64. The highest BCUT2D eigenvalue weighted by molar-refractivity contribution is 7.09. The maximum atomic E-state index is 5.48. The first-order valence-corrected chi connectivity index (χ1v) is 4.83. The van der Waals surface area contributed by atoms with Crippen LogP contribution in [0.4, 0.5) is 0 Å². The van der Waals surface area contributed by atoms with Crippen LogP contribution in [-0.2, 0) is 6.54 Å². The van der Waals surface area contributed by atoms with Crippen LogP contribution in [0, 0.1) is 0 Å². The first-order chi connectivity index (χ1) is 6.40. The average Bonchev–Trinajstić information content (AvgIpc) is 2.67. The van der Waals surface area contributed by atoms with E-state index in [1.807, 2.05) is 17.5 Å². The van der Waals surface area contributed by atoms with Gasteiger partial charge in [-0.2, -0.15) is 0 Å². The summed E-state index contributed by atoms with van der Waals surface area (Å²) >= 11 is 1.59. The largest absolute Gasteiger partial charge is 0.325 e. The summed E-state index contributed by atoms with van der Waals surface area (Å²) in [5, 5.41) is 2.98. The molecule has 0 bridgehead atoms. The minimum Gasteiger partial charge on any atom is -0.325 e. The second-order valence-electron chi connectivity index (χ2n) is 2.57. The number of hydrogen-bond acceptors (Lipinski definition) is 4. The molecule has 0 saturated carbocycles. The van der Waals surface area contributed by atoms with Gasteiger partial charge in [0.1, 0.15) is 5.01 Å². The molecule has 4 heteroatoms. The summed E-state index contributed by atoms with van der Waals surface area (Å²) in [6, 6.07) is 3.88. The molecule has 13 heavy (non-hydrogen) atoms. The van der Waals surface area contributed by atoms with E-state index in [2.05, 4.69) is 9.97 Å². The van der Waals surface area contributed by atoms with Crippen molar-refractivity contribution in [2.45, 2.75) is 6.54 Å². The highest BCUT2D eigenvalue weighted by Gasteiger charge is 2.01. The SMILES string of the molecule is NCc1nc(-c2ccncc2)cs1. The van der Waals surface area contributed by atoms with E-state index in [9.17, 15) is 0 Å². The first-order valence-electron chi connectivity index (χ1n) is 3.95. The standard InChI is InChI=1S/C9H9N3S/c10-5-9-12-8(6-13-9)7-1-3-11-4-2-7/h1-4,6H,5,10H2. The molecule has 0 aromatic carbocycles. The number of nitrogens with zero attached hydrogens (tertiary/aromatic N) is 2. The van der Waals surface area contributed by atoms with Crippen molar-refractivity contribution in [1.29, 1.82) is 0 Å². The molecule has 2 aromatic heterocycles. The second-order valence-corrected chi connectivity index (χ2v) is 3.51. The molecular weight excluding hydrogens is 182 g/mol. The minimum absolute atomic E-state index is 0.510. The zero-order chi connectivity index (χ0) is 9.10. The van der Waals surface area contributed by atoms with Gasteiger partial charge in [0.05, 0.1) is 5.69 Å². The summed E-state index contributed by atoms with van der Waals surface area (Å²) in [4.78, 5) is 8.31. The molecule has 0 amide bonds. The summed E-state index contributed by atoms with van der Waals surface area (Å²) < 4.78 is 0. The van der Waals surface area contributed by atoms with Crippen molar-refractivity contribution in [3.05, 3.63) is 34.9 Å². The van der Waals surface area contributed by atoms with E-state index in [0.29, 0.717) is 6.54 Å². The quantitative estimate of drug-likeness (QED) is 0.785. The lowest BCUT2D eigenvalue weighted by Crippen LogP contribution is -1.94. The van der Waals surface area contributed by atoms with Crippen LogP contribution in [0.3, 0.4) is 0 Å². The fraction of sp³-hybridized carbons (Fsp3) is 0.111. The summed E-state index contributed by atoms with van der Waals surface area (Å²) in [7, 11) is 0. The average molecular weight is 191 g/mol. The highest BCUT2D eigenvalue weighted by Crippen LogP contribution is 2.20. The predicted octanol–water partition coefficient (Wildman–Crippen LogP) is 1.66. The smallest absolute Gasteiger partial charge is 0.107 e. The molecule has 3 nitrogen and oxygen atoms in total. The molecule has 2 heterocycles. The molecule has 0 aliphatic rings. The number of hydrogen-bond donors (Lipinski definition) is 1. The summed E-state index contributed by atoms with van der Waals surface area (Å²) in [6.45, 7) is 0.510. The van der Waals surface area contributed by atoms with Crippen molar-refractivity contribution < 1.29 is 0 Å². The Balaban J connectivity index is 2.36. The maximum Gasteiger partial charge on any atom is 0.107 e. The molecule has 2 aromatic rings. The van der Waals surface area contributed by atoms with Crippen molar-refractivity contribution >= 4 is 11.3 Å². The Labute approximate surface area is 80.3 Å². The molecule has 0 unspecified atom stereocenters. The van der Waals surface area contributed by atoms with Crippen LogP contribution in [0.1, 0.15) is 5.01 Å². The lowest BCUT2D eigenvalue weighted by Gasteiger charge is -1.92. The van der Waals surface area contributed by atoms with Crippen LogP contribution in [0.25, 0.3) is 11.3 Å². The normalized spacial score (nSPS) is 10.2. The van der Waals surface area contributed by atoms with Crippen molar-refractivity contribution in [2.75, 3.05) is 0 Å². The minimum atomic E-state index is 0.510. The third-order valence-corrected chi connectivity index (χ3v) is 2.57. The molecule has 0 radical (unpaired) electrons. The van der Waals surface area contributed by atoms with Gasteiger partial charge in [0.25, 0.3) is 0 Å². The van der Waals surface area contributed by atoms with Gasteiger partial charge in [-0.05, 0) is 12.1 Å². The number of pyridine rings is 1. The fourth-order valence-corrected chi connectivity index (χ4v) is 1.74. The molecule has 2 N–H and O–H groups in total. The van der Waals surface area contributed by atoms with Crippen LogP contribution in [0.15, 0.2) is 29.9 Å². The molecule has 0 aliphatic heterocycles. The maximum absolute atomic E-state index is 5.48. The Morgan fingerprint density at radius 3 is 2.69 bits per heavy atom. The lowest BCUT2D eigenvalue weighted by atomic mass is 10.2. The monoisotopic (exact) mass is 191 g/mol. The van der Waals surface area contributed by atoms with Crippen molar-refractivity contribution in [3.8, 4) is 11.3 Å². The van der Waals surface area contributed by atoms with Crippen LogP contribution < -0.4 is 5.73 Å². The van der Waals surface area contributed by atoms with Crippen LogP contribution in [0.5, 0.6) is 0 Å². The topological polar surface area (TPSA) is 51.8 Å². The van der Waals surface area contributed by atoms with E-state index in [0.717, 1.165) is 16.3 Å². The zero-order valence-electron chi connectivity index (χ0n) is 6.97. The summed E-state index contributed by atoms with van der Waals surface area (Å²) in [5.41, 5.74) is 7.55. The van der Waals surface area contributed by atoms with Gasteiger partial charge in [-0.1, -0.05) is 0 Å². The van der Waals surface area contributed by atoms with E-state index >= 15 is 0 Å². The van der Waals surface area contributed by atoms with E-state index in [1.165, 1.54) is 0 Å². The van der Waals surface area contributed by atoms with Gasteiger partial charge in [-0.25, -0.2) is 4.98 Å². The molecule has 0 aliphatic carbocycles. The van der Waals surface area contributed by atoms with Crippen LogP contribution >= 0.6 is 11.3 Å². The lowest BCUT2D eigenvalue weighted by molar-refractivity contribution is 1.04. The van der Waals surface area contributed by atoms with Gasteiger partial charge in [0.15, 0.2) is 0 Å². The molecule has 0 atom stereocenters. The molecule has 0 saturated heterocycles. The van der Waals surface area contributed by atoms with Gasteiger partial charge in [0.2, 0.25) is 0 Å². The third kappa shape index (κ3) is 1.74. The van der Waals surface area contributed by atoms with Crippen molar-refractivity contribution in [1.82, 2.24) is 9.97 Å². The van der Waals surface area contributed by atoms with E-state index < -0.39 is 0 Å². The number of thiazole rings is 1. The summed E-state index contributed by atoms with van der Waals surface area (Å²) in [5.74, 6) is 0. The summed E-state index contributed by atoms with van der Waals surface area (Å²) in [6.07, 6.45) is 3.52. The van der Waals surface area contributed by atoms with Gasteiger partial charge >= 0.3 is 0 Å². The molecule has 0 fully saturated rings. The van der Waals surface area contributed by atoms with Gasteiger partial charge in [-0.15, -0.1) is 11.3 Å². The van der Waals surface area contributed by atoms with Gasteiger partial charge in [-0.3, -0.25) is 4.98 Å². The van der Waals surface area contributed by atoms with Crippen LogP contribution in [0.2, 0.25) is 0 Å². The Kier molecular flexibility index (Phi) is 2.33. The first kappa shape index (κ1) is 8.34. The van der Waals surface area contributed by atoms with Gasteiger partial charge in [0, 0.05) is 29.9 Å². The number of rotatable bonds is 2. The number of aromatic nitrogens is 2. The van der Waals surface area contributed by atoms with Crippen LogP contribution in [-0.4, -0.2) is 9.97 Å². The predicted molar refractivity (Wildman–Crippen MR) is 53.2 cm³/mol. The van der Waals surface area contributed by atoms with Gasteiger partial charge < -0.3 is 5.73 Å². The van der Waals surface area contributed by atoms with E-state index in [4.69, 9.17) is 5.73 Å². The Hall–Kier alpha value is -1.26. The highest BCUT2D eigenvalue weighted by atomic mass is 32.1. The van der Waals surface area contributed by atoms with E-state index in [-0.39, 0.29) is 0 Å². The van der Waals surface area contributed by atoms with E-state index in [1.54, 1.807) is 23.7 Å².